The van der Waals surface area contributed by atoms with Crippen molar-refractivity contribution in [2.45, 2.75) is 32.4 Å². The molecule has 5 rings (SSSR count). The molecule has 1 saturated heterocycles. The number of carbonyl (C=O) groups excluding carboxylic acids is 1. The summed E-state index contributed by atoms with van der Waals surface area (Å²) in [5, 5.41) is 4.84. The van der Waals surface area contributed by atoms with E-state index in [1.54, 1.807) is 31.0 Å². The molecule has 0 spiro atoms. The van der Waals surface area contributed by atoms with Crippen LogP contribution < -0.4 is 14.2 Å². The molecule has 202 valence electrons. The zero-order valence-corrected chi connectivity index (χ0v) is 22.5. The van der Waals surface area contributed by atoms with Crippen molar-refractivity contribution in [1.29, 1.82) is 0 Å². The fourth-order valence-electron chi connectivity index (χ4n) is 4.73. The number of ether oxygens (including phenoxy) is 4. The van der Waals surface area contributed by atoms with E-state index in [1.807, 2.05) is 78.6 Å². The van der Waals surface area contributed by atoms with E-state index in [-0.39, 0.29) is 12.0 Å². The van der Waals surface area contributed by atoms with E-state index < -0.39 is 0 Å². The van der Waals surface area contributed by atoms with Gasteiger partial charge in [0.15, 0.2) is 0 Å². The predicted molar refractivity (Wildman–Crippen MR) is 148 cm³/mol. The molecular weight excluding hydrogens is 494 g/mol. The summed E-state index contributed by atoms with van der Waals surface area (Å²) in [6.07, 6.45) is 1.88. The largest absolute Gasteiger partial charge is 0.497 e. The second kappa shape index (κ2) is 12.0. The van der Waals surface area contributed by atoms with Crippen LogP contribution in [-0.2, 0) is 11.3 Å². The van der Waals surface area contributed by atoms with Gasteiger partial charge in [0, 0.05) is 24.8 Å². The fraction of sp³-hybridized carbons (Fsp3) is 0.290. The van der Waals surface area contributed by atoms with Crippen LogP contribution in [0.3, 0.4) is 0 Å². The summed E-state index contributed by atoms with van der Waals surface area (Å²) < 4.78 is 25.0. The van der Waals surface area contributed by atoms with Crippen molar-refractivity contribution in [3.8, 4) is 28.8 Å². The molecule has 1 aliphatic rings. The highest BCUT2D eigenvalue weighted by Crippen LogP contribution is 2.33. The number of para-hydroxylation sites is 1. The van der Waals surface area contributed by atoms with Crippen molar-refractivity contribution in [2.75, 3.05) is 27.4 Å². The summed E-state index contributed by atoms with van der Waals surface area (Å²) in [5.41, 5.74) is 2.99. The Morgan fingerprint density at radius 2 is 1.69 bits per heavy atom. The highest BCUT2D eigenvalue weighted by atomic mass is 16.5. The van der Waals surface area contributed by atoms with Crippen LogP contribution in [0.15, 0.2) is 78.9 Å². The lowest BCUT2D eigenvalue weighted by Gasteiger charge is -2.26. The first-order valence-corrected chi connectivity index (χ1v) is 13.1. The summed E-state index contributed by atoms with van der Waals surface area (Å²) in [4.78, 5) is 15.7. The third-order valence-corrected chi connectivity index (χ3v) is 6.79. The zero-order chi connectivity index (χ0) is 27.2. The smallest absolute Gasteiger partial charge is 0.254 e. The van der Waals surface area contributed by atoms with Crippen LogP contribution in [0, 0.1) is 6.92 Å². The average Bonchev–Trinajstić information content (AvgIpc) is 3.60. The van der Waals surface area contributed by atoms with E-state index in [1.165, 1.54) is 0 Å². The van der Waals surface area contributed by atoms with Gasteiger partial charge in [0.05, 0.1) is 43.8 Å². The molecule has 0 bridgehead atoms. The lowest BCUT2D eigenvalue weighted by atomic mass is 10.1. The van der Waals surface area contributed by atoms with Gasteiger partial charge >= 0.3 is 0 Å². The monoisotopic (exact) mass is 527 g/mol. The molecule has 3 aromatic carbocycles. The van der Waals surface area contributed by atoms with Crippen molar-refractivity contribution >= 4 is 5.91 Å². The molecular formula is C31H33N3O5. The maximum absolute atomic E-state index is 13.9. The van der Waals surface area contributed by atoms with Crippen molar-refractivity contribution in [3.63, 3.8) is 0 Å². The number of amides is 1. The predicted octanol–water partition coefficient (Wildman–Crippen LogP) is 5.81. The zero-order valence-electron chi connectivity index (χ0n) is 22.5. The van der Waals surface area contributed by atoms with E-state index in [4.69, 9.17) is 24.0 Å². The van der Waals surface area contributed by atoms with Crippen LogP contribution in [-0.4, -0.2) is 54.1 Å². The number of methoxy groups -OCH3 is 2. The molecule has 0 radical (unpaired) electrons. The van der Waals surface area contributed by atoms with Gasteiger partial charge in [-0.2, -0.15) is 5.10 Å². The number of rotatable bonds is 10. The van der Waals surface area contributed by atoms with Gasteiger partial charge in [-0.1, -0.05) is 30.3 Å². The van der Waals surface area contributed by atoms with Gasteiger partial charge in [0.25, 0.3) is 5.91 Å². The summed E-state index contributed by atoms with van der Waals surface area (Å²) in [6, 6.07) is 24.5. The topological polar surface area (TPSA) is 75.1 Å². The molecule has 8 nitrogen and oxygen atoms in total. The maximum atomic E-state index is 13.9. The molecule has 0 unspecified atom stereocenters. The quantitative estimate of drug-likeness (QED) is 0.259. The SMILES string of the molecule is COc1cccc(Oc2c(CN(C[C@H]3CCCO3)C(=O)c3cccc(OC)c3)c(C)nn2-c2ccccc2)c1. The molecule has 0 N–H and O–H groups in total. The van der Waals surface area contributed by atoms with E-state index >= 15 is 0 Å². The molecule has 1 atom stereocenters. The van der Waals surface area contributed by atoms with Gasteiger partial charge in [-0.3, -0.25) is 4.79 Å². The Labute approximate surface area is 228 Å². The standard InChI is InChI=1S/C31H33N3O5/c1-22-29(21-33(20-28-16-9-17-38-28)30(35)23-10-7-13-25(18-23)36-2)31(34(32-22)24-11-5-4-6-12-24)39-27-15-8-14-26(19-27)37-3/h4-8,10-15,18-19,28H,9,16-17,20-21H2,1-3H3/t28-/m1/s1. The van der Waals surface area contributed by atoms with Gasteiger partial charge in [-0.25, -0.2) is 4.68 Å². The van der Waals surface area contributed by atoms with Crippen LogP contribution in [0.1, 0.15) is 34.5 Å². The normalized spacial score (nSPS) is 14.7. The second-order valence-corrected chi connectivity index (χ2v) is 9.45. The Balaban J connectivity index is 1.55. The van der Waals surface area contributed by atoms with E-state index in [2.05, 4.69) is 0 Å². The first-order chi connectivity index (χ1) is 19.1. The molecule has 39 heavy (non-hydrogen) atoms. The number of hydrogen-bond donors (Lipinski definition) is 0. The maximum Gasteiger partial charge on any atom is 0.254 e. The molecule has 8 heteroatoms. The van der Waals surface area contributed by atoms with Crippen LogP contribution >= 0.6 is 0 Å². The molecule has 1 aliphatic heterocycles. The lowest BCUT2D eigenvalue weighted by Crippen LogP contribution is -2.37. The Morgan fingerprint density at radius 1 is 0.974 bits per heavy atom. The van der Waals surface area contributed by atoms with Crippen molar-refractivity contribution in [3.05, 3.63) is 95.7 Å². The third-order valence-electron chi connectivity index (χ3n) is 6.79. The highest BCUT2D eigenvalue weighted by molar-refractivity contribution is 5.94. The summed E-state index contributed by atoms with van der Waals surface area (Å²) in [5.74, 6) is 2.36. The molecule has 2 heterocycles. The first kappa shape index (κ1) is 26.3. The van der Waals surface area contributed by atoms with Gasteiger partial charge in [-0.15, -0.1) is 0 Å². The number of carbonyl (C=O) groups is 1. The van der Waals surface area contributed by atoms with Gasteiger partial charge in [-0.05, 0) is 62.2 Å². The number of benzene rings is 3. The number of aromatic nitrogens is 2. The Morgan fingerprint density at radius 3 is 2.41 bits per heavy atom. The van der Waals surface area contributed by atoms with Crippen molar-refractivity contribution in [1.82, 2.24) is 14.7 Å². The first-order valence-electron chi connectivity index (χ1n) is 13.1. The average molecular weight is 528 g/mol. The molecule has 1 fully saturated rings. The fourth-order valence-corrected chi connectivity index (χ4v) is 4.73. The van der Waals surface area contributed by atoms with Crippen molar-refractivity contribution in [2.24, 2.45) is 0 Å². The molecule has 0 aliphatic carbocycles. The summed E-state index contributed by atoms with van der Waals surface area (Å²) >= 11 is 0. The van der Waals surface area contributed by atoms with Gasteiger partial charge in [0.1, 0.15) is 17.2 Å². The van der Waals surface area contributed by atoms with E-state index in [0.29, 0.717) is 48.4 Å². The van der Waals surface area contributed by atoms with Crippen LogP contribution in [0.25, 0.3) is 5.69 Å². The molecule has 0 saturated carbocycles. The van der Waals surface area contributed by atoms with E-state index in [9.17, 15) is 4.79 Å². The van der Waals surface area contributed by atoms with Crippen LogP contribution in [0.4, 0.5) is 0 Å². The van der Waals surface area contributed by atoms with Gasteiger partial charge < -0.3 is 23.8 Å². The molecule has 1 aromatic heterocycles. The Bertz CT molecular complexity index is 1410. The van der Waals surface area contributed by atoms with E-state index in [0.717, 1.165) is 29.8 Å². The third kappa shape index (κ3) is 6.07. The Kier molecular flexibility index (Phi) is 8.13. The lowest BCUT2D eigenvalue weighted by molar-refractivity contribution is 0.0505. The summed E-state index contributed by atoms with van der Waals surface area (Å²) in [7, 11) is 3.22. The Hall–Kier alpha value is -4.30. The molecule has 4 aromatic rings. The van der Waals surface area contributed by atoms with Crippen molar-refractivity contribution < 1.29 is 23.7 Å². The minimum absolute atomic E-state index is 0.0215. The number of hydrogen-bond acceptors (Lipinski definition) is 6. The minimum atomic E-state index is -0.108. The summed E-state index contributed by atoms with van der Waals surface area (Å²) in [6.45, 7) is 3.41. The highest BCUT2D eigenvalue weighted by Gasteiger charge is 2.28. The van der Waals surface area contributed by atoms with Crippen LogP contribution in [0.5, 0.6) is 23.1 Å². The van der Waals surface area contributed by atoms with Crippen LogP contribution in [0.2, 0.25) is 0 Å². The minimum Gasteiger partial charge on any atom is -0.497 e. The molecule has 1 amide bonds. The number of nitrogens with zero attached hydrogens (tertiary/aromatic N) is 3. The van der Waals surface area contributed by atoms with Gasteiger partial charge in [0.2, 0.25) is 5.88 Å². The number of aryl methyl sites for hydroxylation is 1. The second-order valence-electron chi connectivity index (χ2n) is 9.45.